The van der Waals surface area contributed by atoms with E-state index in [2.05, 4.69) is 20.6 Å². The third-order valence-electron chi connectivity index (χ3n) is 6.36. The monoisotopic (exact) mass is 497 g/mol. The molecule has 11 heteroatoms. The molecule has 5 N–H and O–H groups in total. The number of benzene rings is 2. The van der Waals surface area contributed by atoms with Crippen molar-refractivity contribution in [3.8, 4) is 11.4 Å². The second-order valence-corrected chi connectivity index (χ2v) is 11.3. The maximum Gasteiger partial charge on any atom is 0.319 e. The van der Waals surface area contributed by atoms with Crippen molar-refractivity contribution in [3.05, 3.63) is 66.1 Å². The van der Waals surface area contributed by atoms with Gasteiger partial charge in [-0.3, -0.25) is 0 Å². The number of aliphatic hydroxyl groups is 1. The van der Waals surface area contributed by atoms with E-state index in [1.807, 2.05) is 0 Å². The number of sulfone groups is 1. The fourth-order valence-corrected chi connectivity index (χ4v) is 5.94. The summed E-state index contributed by atoms with van der Waals surface area (Å²) in [6.07, 6.45) is 1.94. The number of nitrogen functional groups attached to an aromatic ring is 1. The molecule has 2 aliphatic rings. The van der Waals surface area contributed by atoms with Gasteiger partial charge in [0.1, 0.15) is 21.3 Å². The zero-order valence-corrected chi connectivity index (χ0v) is 19.5. The molecule has 1 aromatic heterocycles. The molecule has 0 spiro atoms. The van der Waals surface area contributed by atoms with Crippen LogP contribution in [0.4, 0.5) is 20.7 Å². The van der Waals surface area contributed by atoms with Crippen LogP contribution in [0.15, 0.2) is 59.5 Å². The molecule has 182 valence electrons. The Morgan fingerprint density at radius 2 is 1.74 bits per heavy atom. The van der Waals surface area contributed by atoms with Gasteiger partial charge in [-0.25, -0.2) is 27.6 Å². The van der Waals surface area contributed by atoms with Crippen LogP contribution in [0.5, 0.6) is 0 Å². The summed E-state index contributed by atoms with van der Waals surface area (Å²) >= 11 is 0. The highest BCUT2D eigenvalue weighted by Crippen LogP contribution is 2.55. The Balaban J connectivity index is 1.38. The lowest BCUT2D eigenvalue weighted by Crippen LogP contribution is -2.36. The van der Waals surface area contributed by atoms with Gasteiger partial charge < -0.3 is 21.5 Å². The van der Waals surface area contributed by atoms with Crippen molar-refractivity contribution in [2.45, 2.75) is 40.9 Å². The molecule has 9 nitrogen and oxygen atoms in total. The molecule has 3 aromatic rings. The molecule has 2 amide bonds. The Bertz CT molecular complexity index is 1400. The van der Waals surface area contributed by atoms with Crippen molar-refractivity contribution in [1.82, 2.24) is 15.3 Å². The first kappa shape index (κ1) is 23.2. The molecule has 1 heterocycles. The molecule has 0 saturated heterocycles. The lowest BCUT2D eigenvalue weighted by molar-refractivity contribution is 0.149. The van der Waals surface area contributed by atoms with Crippen LogP contribution in [-0.4, -0.2) is 41.7 Å². The molecule has 2 fully saturated rings. The first-order valence-corrected chi connectivity index (χ1v) is 12.6. The number of nitrogens with zero attached hydrogens (tertiary/aromatic N) is 2. The molecule has 5 rings (SSSR count). The maximum absolute atomic E-state index is 14.3. The molecule has 2 aromatic carbocycles. The third-order valence-corrected chi connectivity index (χ3v) is 8.92. The van der Waals surface area contributed by atoms with E-state index in [4.69, 9.17) is 5.73 Å². The molecule has 2 aliphatic carbocycles. The van der Waals surface area contributed by atoms with Crippen LogP contribution in [0, 0.1) is 5.82 Å². The van der Waals surface area contributed by atoms with E-state index in [1.165, 1.54) is 24.3 Å². The van der Waals surface area contributed by atoms with Crippen LogP contribution in [-0.2, 0) is 14.6 Å². The van der Waals surface area contributed by atoms with E-state index in [0.717, 1.165) is 6.07 Å². The SMILES string of the molecule is Nc1cc(C2(S(=O)(=O)c3ccccc3F)CC2)nc(-c2ccc(NC(=O)NCC3(O)CC3)cc2)n1. The normalized spacial score (nSPS) is 17.4. The van der Waals surface area contributed by atoms with Crippen LogP contribution in [0.1, 0.15) is 31.4 Å². The Morgan fingerprint density at radius 3 is 2.37 bits per heavy atom. The number of nitrogens with two attached hydrogens (primary N) is 1. The number of carbonyl (C=O) groups is 1. The number of amides is 2. The van der Waals surface area contributed by atoms with Crippen LogP contribution in [0.2, 0.25) is 0 Å². The van der Waals surface area contributed by atoms with E-state index < -0.39 is 32.0 Å². The van der Waals surface area contributed by atoms with Gasteiger partial charge in [-0.1, -0.05) is 12.1 Å². The highest BCUT2D eigenvalue weighted by atomic mass is 32.2. The van der Waals surface area contributed by atoms with Crippen molar-refractivity contribution in [1.29, 1.82) is 0 Å². The van der Waals surface area contributed by atoms with Crippen LogP contribution >= 0.6 is 0 Å². The largest absolute Gasteiger partial charge is 0.388 e. The number of nitrogens with one attached hydrogen (secondary N) is 2. The van der Waals surface area contributed by atoms with Gasteiger partial charge in [-0.2, -0.15) is 0 Å². The summed E-state index contributed by atoms with van der Waals surface area (Å²) in [5.41, 5.74) is 6.51. The van der Waals surface area contributed by atoms with Crippen molar-refractivity contribution in [3.63, 3.8) is 0 Å². The number of urea groups is 1. The van der Waals surface area contributed by atoms with Gasteiger partial charge in [0.25, 0.3) is 0 Å². The summed E-state index contributed by atoms with van der Waals surface area (Å²) < 4.78 is 39.7. The average molecular weight is 498 g/mol. The van der Waals surface area contributed by atoms with E-state index in [9.17, 15) is 22.7 Å². The number of hydrogen-bond donors (Lipinski definition) is 4. The average Bonchev–Trinajstić information content (AvgIpc) is 3.75. The van der Waals surface area contributed by atoms with Crippen LogP contribution < -0.4 is 16.4 Å². The quantitative estimate of drug-likeness (QED) is 0.392. The number of aromatic nitrogens is 2. The zero-order valence-electron chi connectivity index (χ0n) is 18.7. The van der Waals surface area contributed by atoms with Gasteiger partial charge in [0.15, 0.2) is 15.7 Å². The third kappa shape index (κ3) is 4.44. The number of carbonyl (C=O) groups excluding carboxylic acids is 1. The Hall–Kier alpha value is -3.57. The topological polar surface area (TPSA) is 147 Å². The lowest BCUT2D eigenvalue weighted by atomic mass is 10.1. The van der Waals surface area contributed by atoms with E-state index in [0.29, 0.717) is 36.9 Å². The second-order valence-electron chi connectivity index (χ2n) is 9.04. The summed E-state index contributed by atoms with van der Waals surface area (Å²) in [6, 6.07) is 12.9. The zero-order chi connectivity index (χ0) is 24.8. The Kier molecular flexibility index (Phi) is 5.48. The summed E-state index contributed by atoms with van der Waals surface area (Å²) in [5.74, 6) is -0.485. The van der Waals surface area contributed by atoms with E-state index in [-0.39, 0.29) is 28.8 Å². The smallest absolute Gasteiger partial charge is 0.319 e. The molecule has 2 saturated carbocycles. The lowest BCUT2D eigenvalue weighted by Gasteiger charge is -2.18. The first-order chi connectivity index (χ1) is 16.6. The predicted molar refractivity (Wildman–Crippen MR) is 128 cm³/mol. The minimum atomic E-state index is -4.05. The summed E-state index contributed by atoms with van der Waals surface area (Å²) in [6.45, 7) is 0.189. The summed E-state index contributed by atoms with van der Waals surface area (Å²) in [5, 5.41) is 15.1. The number of anilines is 2. The van der Waals surface area contributed by atoms with Crippen molar-refractivity contribution in [2.75, 3.05) is 17.6 Å². The summed E-state index contributed by atoms with van der Waals surface area (Å²) in [7, 11) is -4.05. The molecular formula is C24H24FN5O4S. The molecule has 0 aliphatic heterocycles. The minimum Gasteiger partial charge on any atom is -0.388 e. The van der Waals surface area contributed by atoms with E-state index in [1.54, 1.807) is 24.3 Å². The van der Waals surface area contributed by atoms with E-state index >= 15 is 0 Å². The predicted octanol–water partition coefficient (Wildman–Crippen LogP) is 2.97. The van der Waals surface area contributed by atoms with Gasteiger partial charge in [0.05, 0.1) is 11.3 Å². The van der Waals surface area contributed by atoms with Gasteiger partial charge >= 0.3 is 6.03 Å². The molecular weight excluding hydrogens is 473 g/mol. The van der Waals surface area contributed by atoms with Crippen LogP contribution in [0.25, 0.3) is 11.4 Å². The Labute approximate surface area is 201 Å². The maximum atomic E-state index is 14.3. The standard InChI is InChI=1S/C24H24FN5O4S/c25-17-3-1-2-4-18(17)35(33,34)24(11-12-24)19-13-20(26)30-21(29-19)15-5-7-16(8-6-15)28-22(31)27-14-23(32)9-10-23/h1-8,13,32H,9-12,14H2,(H2,26,29,30)(H2,27,28,31). The fourth-order valence-electron chi connectivity index (χ4n) is 3.92. The van der Waals surface area contributed by atoms with Crippen molar-refractivity contribution in [2.24, 2.45) is 0 Å². The first-order valence-electron chi connectivity index (χ1n) is 11.1. The molecule has 35 heavy (non-hydrogen) atoms. The number of halogens is 1. The highest BCUT2D eigenvalue weighted by molar-refractivity contribution is 7.92. The highest BCUT2D eigenvalue weighted by Gasteiger charge is 2.58. The van der Waals surface area contributed by atoms with Gasteiger partial charge in [0.2, 0.25) is 0 Å². The van der Waals surface area contributed by atoms with Crippen LogP contribution in [0.3, 0.4) is 0 Å². The number of hydrogen-bond acceptors (Lipinski definition) is 7. The fraction of sp³-hybridized carbons (Fsp3) is 0.292. The van der Waals surface area contributed by atoms with Crippen molar-refractivity contribution >= 4 is 27.4 Å². The summed E-state index contributed by atoms with van der Waals surface area (Å²) in [4.78, 5) is 20.4. The second kappa shape index (κ2) is 8.28. The number of rotatable bonds is 7. The molecule has 0 radical (unpaired) electrons. The van der Waals surface area contributed by atoms with Gasteiger partial charge in [0, 0.05) is 23.9 Å². The minimum absolute atomic E-state index is 0.0968. The van der Waals surface area contributed by atoms with Gasteiger partial charge in [-0.15, -0.1) is 0 Å². The molecule has 0 unspecified atom stereocenters. The Morgan fingerprint density at radius 1 is 1.06 bits per heavy atom. The molecule has 0 atom stereocenters. The van der Waals surface area contributed by atoms with Gasteiger partial charge in [-0.05, 0) is 62.1 Å². The van der Waals surface area contributed by atoms with Crippen molar-refractivity contribution < 1.29 is 22.7 Å². The molecule has 0 bridgehead atoms.